The quantitative estimate of drug-likeness (QED) is 0.402. The molecule has 0 fully saturated rings. The van der Waals surface area contributed by atoms with Crippen LogP contribution in [0.4, 0.5) is 17.2 Å². The lowest BCUT2D eigenvalue weighted by atomic mass is 10.2. The van der Waals surface area contributed by atoms with E-state index in [1.54, 1.807) is 24.7 Å². The number of aromatic nitrogens is 5. The number of benzene rings is 2. The van der Waals surface area contributed by atoms with Crippen LogP contribution in [0, 0.1) is 11.8 Å². The van der Waals surface area contributed by atoms with Gasteiger partial charge in [-0.1, -0.05) is 5.92 Å². The lowest BCUT2D eigenvalue weighted by Gasteiger charge is -2.16. The van der Waals surface area contributed by atoms with E-state index in [9.17, 15) is 4.79 Å². The molecule has 9 nitrogen and oxygen atoms in total. The smallest absolute Gasteiger partial charge is 0.302 e. The number of carbonyl (C=O) groups is 1. The first-order valence-electron chi connectivity index (χ1n) is 10.4. The van der Waals surface area contributed by atoms with E-state index >= 15 is 0 Å². The van der Waals surface area contributed by atoms with Crippen LogP contribution < -0.4 is 15.0 Å². The number of pyridine rings is 1. The van der Waals surface area contributed by atoms with Crippen molar-refractivity contribution >= 4 is 39.6 Å². The summed E-state index contributed by atoms with van der Waals surface area (Å²) in [5.74, 6) is 6.87. The van der Waals surface area contributed by atoms with Crippen molar-refractivity contribution in [1.29, 1.82) is 0 Å². The van der Waals surface area contributed by atoms with Crippen LogP contribution in [0.25, 0.3) is 16.6 Å². The molecule has 0 aliphatic heterocycles. The average Bonchev–Trinajstić information content (AvgIpc) is 3.33. The molecule has 1 amide bonds. The fraction of sp³-hybridized carbons (Fsp3) is 0.0800. The molecular weight excluding hydrogens is 430 g/mol. The first-order chi connectivity index (χ1) is 16.6. The first-order valence-corrected chi connectivity index (χ1v) is 10.4. The summed E-state index contributed by atoms with van der Waals surface area (Å²) in [7, 11) is 1.68. The van der Waals surface area contributed by atoms with E-state index in [-0.39, 0.29) is 5.91 Å². The molecule has 5 rings (SSSR count). The predicted molar refractivity (Wildman–Crippen MR) is 129 cm³/mol. The van der Waals surface area contributed by atoms with Gasteiger partial charge in [-0.25, -0.2) is 19.5 Å². The lowest BCUT2D eigenvalue weighted by Crippen LogP contribution is -2.24. The van der Waals surface area contributed by atoms with Crippen molar-refractivity contribution in [3.63, 3.8) is 0 Å². The summed E-state index contributed by atoms with van der Waals surface area (Å²) in [6.45, 7) is 1.63. The molecule has 0 radical (unpaired) electrons. The lowest BCUT2D eigenvalue weighted by molar-refractivity contribution is -0.113. The minimum Gasteiger partial charge on any atom is -0.457 e. The topological polar surface area (TPSA) is 97.5 Å². The Morgan fingerprint density at radius 3 is 2.68 bits per heavy atom. The second-order valence-corrected chi connectivity index (χ2v) is 7.34. The third kappa shape index (κ3) is 4.20. The molecule has 0 atom stereocenters. The van der Waals surface area contributed by atoms with Crippen molar-refractivity contribution in [2.45, 2.75) is 6.92 Å². The van der Waals surface area contributed by atoms with E-state index < -0.39 is 0 Å². The minimum atomic E-state index is -0.285. The fourth-order valence-electron chi connectivity index (χ4n) is 3.40. The van der Waals surface area contributed by atoms with Gasteiger partial charge in [0.05, 0.1) is 5.52 Å². The Kier molecular flexibility index (Phi) is 5.46. The molecule has 0 unspecified atom stereocenters. The minimum absolute atomic E-state index is 0.285. The van der Waals surface area contributed by atoms with E-state index in [4.69, 9.17) is 4.74 Å². The van der Waals surface area contributed by atoms with Gasteiger partial charge < -0.3 is 15.0 Å². The highest BCUT2D eigenvalue weighted by molar-refractivity contribution is 6.06. The Labute approximate surface area is 195 Å². The molecule has 0 bridgehead atoms. The second kappa shape index (κ2) is 8.88. The Balaban J connectivity index is 1.37. The van der Waals surface area contributed by atoms with Gasteiger partial charge >= 0.3 is 5.91 Å². The average molecular weight is 449 g/mol. The highest BCUT2D eigenvalue weighted by atomic mass is 16.5. The summed E-state index contributed by atoms with van der Waals surface area (Å²) < 4.78 is 7.60. The first kappa shape index (κ1) is 20.9. The van der Waals surface area contributed by atoms with Gasteiger partial charge in [-0.15, -0.1) is 0 Å². The predicted octanol–water partition coefficient (Wildman–Crippen LogP) is 4.19. The molecule has 0 spiro atoms. The van der Waals surface area contributed by atoms with E-state index in [1.807, 2.05) is 54.6 Å². The van der Waals surface area contributed by atoms with Crippen LogP contribution in [-0.2, 0) is 4.79 Å². The molecule has 2 aromatic carbocycles. The number of carbonyl (C=O) groups excluding carboxylic acids is 1. The van der Waals surface area contributed by atoms with Crippen LogP contribution in [0.1, 0.15) is 6.92 Å². The van der Waals surface area contributed by atoms with E-state index in [0.29, 0.717) is 28.7 Å². The summed E-state index contributed by atoms with van der Waals surface area (Å²) in [5.41, 5.74) is 2.99. The van der Waals surface area contributed by atoms with Crippen molar-refractivity contribution in [3.05, 3.63) is 73.4 Å². The van der Waals surface area contributed by atoms with Crippen LogP contribution in [-0.4, -0.2) is 37.5 Å². The summed E-state index contributed by atoms with van der Waals surface area (Å²) in [4.78, 5) is 26.5. The van der Waals surface area contributed by atoms with Gasteiger partial charge in [-0.05, 0) is 61.4 Å². The van der Waals surface area contributed by atoms with Crippen LogP contribution in [0.2, 0.25) is 0 Å². The van der Waals surface area contributed by atoms with Gasteiger partial charge in [0, 0.05) is 36.1 Å². The zero-order valence-corrected chi connectivity index (χ0v) is 18.4. The molecule has 166 valence electrons. The Morgan fingerprint density at radius 2 is 1.85 bits per heavy atom. The van der Waals surface area contributed by atoms with Gasteiger partial charge in [-0.3, -0.25) is 4.79 Å². The summed E-state index contributed by atoms with van der Waals surface area (Å²) >= 11 is 0. The number of anilines is 3. The number of nitrogens with one attached hydrogen (secondary N) is 1. The number of hydrogen-bond donors (Lipinski definition) is 1. The summed E-state index contributed by atoms with van der Waals surface area (Å²) in [6.07, 6.45) is 4.79. The summed E-state index contributed by atoms with van der Waals surface area (Å²) in [6, 6.07) is 16.7. The van der Waals surface area contributed by atoms with Crippen LogP contribution in [0.3, 0.4) is 0 Å². The molecule has 5 aromatic rings. The Bertz CT molecular complexity index is 1570. The molecule has 0 saturated carbocycles. The number of amides is 1. The molecular formula is C25H19N7O2. The normalized spacial score (nSPS) is 10.5. The third-order valence-corrected chi connectivity index (χ3v) is 5.15. The SMILES string of the molecule is CC#CC(=O)N(C)c1ccc2ncnc(Nc3ccc(Oc4ccn5ncnc5c4)cc3)c2c1. The van der Waals surface area contributed by atoms with Gasteiger partial charge in [0.2, 0.25) is 0 Å². The maximum absolute atomic E-state index is 12.2. The maximum atomic E-state index is 12.2. The van der Waals surface area contributed by atoms with Crippen molar-refractivity contribution in [3.8, 4) is 23.3 Å². The standard InChI is InChI=1S/C25H19N7O2/c1-3-4-24(33)31(2)18-7-10-22-21(13-18)25(28-15-26-22)30-17-5-8-19(9-6-17)34-20-11-12-32-23(14-20)27-16-29-32/h5-16H,1-2H3,(H,26,28,30). The Morgan fingerprint density at radius 1 is 1.00 bits per heavy atom. The maximum Gasteiger partial charge on any atom is 0.302 e. The molecule has 3 aromatic heterocycles. The largest absolute Gasteiger partial charge is 0.457 e. The highest BCUT2D eigenvalue weighted by Gasteiger charge is 2.12. The monoisotopic (exact) mass is 449 g/mol. The van der Waals surface area contributed by atoms with Crippen LogP contribution in [0.15, 0.2) is 73.4 Å². The number of ether oxygens (including phenoxy) is 1. The van der Waals surface area contributed by atoms with E-state index in [1.165, 1.54) is 17.6 Å². The summed E-state index contributed by atoms with van der Waals surface area (Å²) in [5, 5.41) is 8.18. The third-order valence-electron chi connectivity index (χ3n) is 5.15. The molecule has 0 aliphatic carbocycles. The molecule has 0 aliphatic rings. The van der Waals surface area contributed by atoms with E-state index in [2.05, 4.69) is 37.2 Å². The zero-order chi connectivity index (χ0) is 23.5. The second-order valence-electron chi connectivity index (χ2n) is 7.34. The molecule has 3 heterocycles. The van der Waals surface area contributed by atoms with Gasteiger partial charge in [0.1, 0.15) is 30.0 Å². The van der Waals surface area contributed by atoms with Crippen molar-refractivity contribution in [2.75, 3.05) is 17.3 Å². The number of hydrogen-bond acceptors (Lipinski definition) is 7. The Hall–Kier alpha value is -4.97. The fourth-order valence-corrected chi connectivity index (χ4v) is 3.40. The zero-order valence-electron chi connectivity index (χ0n) is 18.4. The highest BCUT2D eigenvalue weighted by Crippen LogP contribution is 2.29. The van der Waals surface area contributed by atoms with Gasteiger partial charge in [0.25, 0.3) is 0 Å². The van der Waals surface area contributed by atoms with Crippen molar-refractivity contribution < 1.29 is 9.53 Å². The molecule has 0 saturated heterocycles. The van der Waals surface area contributed by atoms with Crippen LogP contribution in [0.5, 0.6) is 11.5 Å². The number of rotatable bonds is 5. The van der Waals surface area contributed by atoms with E-state index in [0.717, 1.165) is 16.6 Å². The van der Waals surface area contributed by atoms with Gasteiger partial charge in [0.15, 0.2) is 5.65 Å². The number of nitrogens with zero attached hydrogens (tertiary/aromatic N) is 6. The van der Waals surface area contributed by atoms with Gasteiger partial charge in [-0.2, -0.15) is 5.10 Å². The molecule has 1 N–H and O–H groups in total. The number of fused-ring (bicyclic) bond motifs is 2. The van der Waals surface area contributed by atoms with Crippen molar-refractivity contribution in [2.24, 2.45) is 0 Å². The molecule has 34 heavy (non-hydrogen) atoms. The molecule has 9 heteroatoms. The van der Waals surface area contributed by atoms with Crippen LogP contribution >= 0.6 is 0 Å². The van der Waals surface area contributed by atoms with Crippen molar-refractivity contribution in [1.82, 2.24) is 24.6 Å².